The summed E-state index contributed by atoms with van der Waals surface area (Å²) < 4.78 is 36.3. The Morgan fingerprint density at radius 2 is 2.00 bits per heavy atom. The normalized spacial score (nSPS) is 12.2. The number of sulfone groups is 1. The summed E-state index contributed by atoms with van der Waals surface area (Å²) >= 11 is 0. The van der Waals surface area contributed by atoms with Crippen molar-refractivity contribution < 1.29 is 17.6 Å². The number of carbonyl (C=O) groups excluding carboxylic acids is 1. The zero-order valence-corrected chi connectivity index (χ0v) is 12.6. The second-order valence-corrected chi connectivity index (χ2v) is 7.47. The monoisotopic (exact) mass is 302 g/mol. The molecule has 7 heteroatoms. The van der Waals surface area contributed by atoms with E-state index in [1.54, 1.807) is 13.8 Å². The molecule has 0 spiro atoms. The van der Waals surface area contributed by atoms with Gasteiger partial charge < -0.3 is 11.1 Å². The second-order valence-electron chi connectivity index (χ2n) is 5.45. The number of benzene rings is 1. The number of nitrogens with two attached hydrogens (primary N) is 1. The Balaban J connectivity index is 2.85. The smallest absolute Gasteiger partial charge is 0.224 e. The standard InChI is InChI=1S/C13H19FN2O3S/c1-13(2,15)7-6-12(17)16-11-8-9(20(3,18)19)4-5-10(11)14/h4-5,8H,6-7,15H2,1-3H3,(H,16,17). The van der Waals surface area contributed by atoms with Crippen molar-refractivity contribution in [1.82, 2.24) is 0 Å². The number of nitrogens with one attached hydrogen (secondary N) is 1. The van der Waals surface area contributed by atoms with E-state index in [-0.39, 0.29) is 17.0 Å². The van der Waals surface area contributed by atoms with Crippen molar-refractivity contribution in [1.29, 1.82) is 0 Å². The summed E-state index contributed by atoms with van der Waals surface area (Å²) in [4.78, 5) is 11.6. The van der Waals surface area contributed by atoms with Crippen molar-refractivity contribution in [3.8, 4) is 0 Å². The molecule has 1 aromatic rings. The van der Waals surface area contributed by atoms with Gasteiger partial charge in [-0.1, -0.05) is 0 Å². The number of anilines is 1. The quantitative estimate of drug-likeness (QED) is 0.810. The molecule has 3 N–H and O–H groups in total. The first kappa shape index (κ1) is 16.6. The van der Waals surface area contributed by atoms with Crippen LogP contribution >= 0.6 is 0 Å². The van der Waals surface area contributed by atoms with Crippen LogP contribution in [0.1, 0.15) is 26.7 Å². The van der Waals surface area contributed by atoms with E-state index in [1.807, 2.05) is 0 Å². The average Bonchev–Trinajstić information content (AvgIpc) is 2.27. The van der Waals surface area contributed by atoms with Crippen LogP contribution in [0.25, 0.3) is 0 Å². The lowest BCUT2D eigenvalue weighted by Gasteiger charge is -2.17. The average molecular weight is 302 g/mol. The lowest BCUT2D eigenvalue weighted by molar-refractivity contribution is -0.116. The molecule has 0 saturated carbocycles. The van der Waals surface area contributed by atoms with Gasteiger partial charge in [-0.05, 0) is 38.5 Å². The van der Waals surface area contributed by atoms with Crippen molar-refractivity contribution in [2.75, 3.05) is 11.6 Å². The first-order chi connectivity index (χ1) is 8.99. The van der Waals surface area contributed by atoms with Crippen molar-refractivity contribution >= 4 is 21.4 Å². The molecule has 0 aliphatic carbocycles. The van der Waals surface area contributed by atoms with Crippen LogP contribution in [0.4, 0.5) is 10.1 Å². The summed E-state index contributed by atoms with van der Waals surface area (Å²) in [7, 11) is -3.45. The SMILES string of the molecule is CC(C)(N)CCC(=O)Nc1cc(S(C)(=O)=O)ccc1F. The minimum atomic E-state index is -3.45. The van der Waals surface area contributed by atoms with E-state index in [1.165, 1.54) is 0 Å². The van der Waals surface area contributed by atoms with E-state index >= 15 is 0 Å². The third-order valence-corrected chi connectivity index (χ3v) is 3.75. The summed E-state index contributed by atoms with van der Waals surface area (Å²) in [6, 6.07) is 3.28. The third-order valence-electron chi connectivity index (χ3n) is 2.64. The van der Waals surface area contributed by atoms with Gasteiger partial charge in [0.25, 0.3) is 0 Å². The number of hydrogen-bond donors (Lipinski definition) is 2. The second kappa shape index (κ2) is 5.88. The van der Waals surface area contributed by atoms with Crippen LogP contribution in [0, 0.1) is 5.82 Å². The molecule has 20 heavy (non-hydrogen) atoms. The van der Waals surface area contributed by atoms with Gasteiger partial charge >= 0.3 is 0 Å². The molecule has 1 amide bonds. The maximum Gasteiger partial charge on any atom is 0.224 e. The molecule has 1 rings (SSSR count). The van der Waals surface area contributed by atoms with E-state index in [0.717, 1.165) is 24.5 Å². The molecule has 1 aromatic carbocycles. The van der Waals surface area contributed by atoms with Gasteiger partial charge in [-0.25, -0.2) is 12.8 Å². The predicted molar refractivity (Wildman–Crippen MR) is 75.6 cm³/mol. The highest BCUT2D eigenvalue weighted by atomic mass is 32.2. The van der Waals surface area contributed by atoms with Crippen molar-refractivity contribution in [2.24, 2.45) is 5.73 Å². The van der Waals surface area contributed by atoms with Gasteiger partial charge in [0.1, 0.15) is 5.82 Å². The third kappa shape index (κ3) is 5.26. The molecule has 0 atom stereocenters. The number of amides is 1. The van der Waals surface area contributed by atoms with Crippen LogP contribution in [0.5, 0.6) is 0 Å². The fraction of sp³-hybridized carbons (Fsp3) is 0.462. The Morgan fingerprint density at radius 3 is 2.50 bits per heavy atom. The van der Waals surface area contributed by atoms with E-state index in [9.17, 15) is 17.6 Å². The highest BCUT2D eigenvalue weighted by Crippen LogP contribution is 2.20. The fourth-order valence-electron chi connectivity index (χ4n) is 1.48. The first-order valence-electron chi connectivity index (χ1n) is 6.07. The van der Waals surface area contributed by atoms with Crippen LogP contribution in [-0.2, 0) is 14.6 Å². The summed E-state index contributed by atoms with van der Waals surface area (Å²) in [5.41, 5.74) is 5.11. The first-order valence-corrected chi connectivity index (χ1v) is 7.96. The molecule has 0 fully saturated rings. The van der Waals surface area contributed by atoms with Gasteiger partial charge in [0.05, 0.1) is 10.6 Å². The molecule has 112 valence electrons. The lowest BCUT2D eigenvalue weighted by atomic mass is 10.00. The maximum absolute atomic E-state index is 13.6. The van der Waals surface area contributed by atoms with Crippen LogP contribution in [0.15, 0.2) is 23.1 Å². The molecule has 0 aliphatic rings. The Kier molecular flexibility index (Phi) is 4.88. The maximum atomic E-state index is 13.6. The fourth-order valence-corrected chi connectivity index (χ4v) is 2.13. The molecule has 0 aromatic heterocycles. The van der Waals surface area contributed by atoms with Crippen molar-refractivity contribution in [3.05, 3.63) is 24.0 Å². The van der Waals surface area contributed by atoms with Crippen molar-refractivity contribution in [2.45, 2.75) is 37.1 Å². The molecule has 0 heterocycles. The predicted octanol–water partition coefficient (Wildman–Crippen LogP) is 1.69. The van der Waals surface area contributed by atoms with Crippen molar-refractivity contribution in [3.63, 3.8) is 0 Å². The molecule has 0 unspecified atom stereocenters. The lowest BCUT2D eigenvalue weighted by Crippen LogP contribution is -2.33. The minimum absolute atomic E-state index is 0.0478. The summed E-state index contributed by atoms with van der Waals surface area (Å²) in [6.45, 7) is 3.57. The molecular formula is C13H19FN2O3S. The topological polar surface area (TPSA) is 89.3 Å². The largest absolute Gasteiger partial charge is 0.326 e. The van der Waals surface area contributed by atoms with Crippen LogP contribution in [0.2, 0.25) is 0 Å². The highest BCUT2D eigenvalue weighted by molar-refractivity contribution is 7.90. The molecule has 5 nitrogen and oxygen atoms in total. The van der Waals surface area contributed by atoms with Gasteiger partial charge in [0.2, 0.25) is 5.91 Å². The van der Waals surface area contributed by atoms with E-state index in [4.69, 9.17) is 5.73 Å². The van der Waals surface area contributed by atoms with Crippen LogP contribution < -0.4 is 11.1 Å². The molecule has 0 radical (unpaired) electrons. The number of rotatable bonds is 5. The van der Waals surface area contributed by atoms with E-state index < -0.39 is 27.1 Å². The summed E-state index contributed by atoms with van der Waals surface area (Å²) in [5.74, 6) is -1.09. The number of carbonyl (C=O) groups is 1. The van der Waals surface area contributed by atoms with Gasteiger partial charge in [-0.2, -0.15) is 0 Å². The molecular weight excluding hydrogens is 283 g/mol. The number of halogens is 1. The van der Waals surface area contributed by atoms with Crippen LogP contribution in [0.3, 0.4) is 0 Å². The number of hydrogen-bond acceptors (Lipinski definition) is 4. The Hall–Kier alpha value is -1.47. The zero-order chi connectivity index (χ0) is 15.6. The minimum Gasteiger partial charge on any atom is -0.326 e. The highest BCUT2D eigenvalue weighted by Gasteiger charge is 2.16. The Bertz CT molecular complexity index is 607. The Morgan fingerprint density at radius 1 is 1.40 bits per heavy atom. The molecule has 0 saturated heterocycles. The summed E-state index contributed by atoms with van der Waals surface area (Å²) in [6.07, 6.45) is 1.58. The van der Waals surface area contributed by atoms with E-state index in [0.29, 0.717) is 6.42 Å². The van der Waals surface area contributed by atoms with Crippen LogP contribution in [-0.4, -0.2) is 26.1 Å². The van der Waals surface area contributed by atoms with Gasteiger partial charge in [0.15, 0.2) is 9.84 Å². The van der Waals surface area contributed by atoms with Gasteiger partial charge in [0, 0.05) is 18.2 Å². The Labute approximate surface area is 118 Å². The van der Waals surface area contributed by atoms with Gasteiger partial charge in [-0.15, -0.1) is 0 Å². The van der Waals surface area contributed by atoms with E-state index in [2.05, 4.69) is 5.32 Å². The summed E-state index contributed by atoms with van der Waals surface area (Å²) in [5, 5.41) is 2.36. The van der Waals surface area contributed by atoms with Gasteiger partial charge in [-0.3, -0.25) is 4.79 Å². The molecule has 0 bridgehead atoms. The molecule has 0 aliphatic heterocycles. The zero-order valence-electron chi connectivity index (χ0n) is 11.7.